The predicted molar refractivity (Wildman–Crippen MR) is 126 cm³/mol. The highest BCUT2D eigenvalue weighted by atomic mass is 32.2. The summed E-state index contributed by atoms with van der Waals surface area (Å²) in [7, 11) is 0.548. The van der Waals surface area contributed by atoms with E-state index in [9.17, 15) is 13.4 Å². The number of allylic oxidation sites excluding steroid dienone is 1. The number of carbonyl (C=O) groups is 1. The van der Waals surface area contributed by atoms with Crippen LogP contribution in [0.4, 0.5) is 10.1 Å². The summed E-state index contributed by atoms with van der Waals surface area (Å²) in [4.78, 5) is 27.3. The Morgan fingerprint density at radius 2 is 2.03 bits per heavy atom. The maximum absolute atomic E-state index is 13.5. The van der Waals surface area contributed by atoms with Crippen LogP contribution >= 0.6 is 0 Å². The van der Waals surface area contributed by atoms with Gasteiger partial charge in [-0.15, -0.1) is 0 Å². The van der Waals surface area contributed by atoms with Gasteiger partial charge in [0.2, 0.25) is 5.91 Å². The van der Waals surface area contributed by atoms with Gasteiger partial charge in [-0.2, -0.15) is 0 Å². The average Bonchev–Trinajstić information content (AvgIpc) is 3.15. The van der Waals surface area contributed by atoms with Crippen molar-refractivity contribution in [1.29, 1.82) is 0 Å². The Balaban J connectivity index is 1.40. The van der Waals surface area contributed by atoms with E-state index in [4.69, 9.17) is 5.73 Å². The number of anilines is 1. The van der Waals surface area contributed by atoms with E-state index in [2.05, 4.69) is 19.8 Å². The zero-order chi connectivity index (χ0) is 22.7. The van der Waals surface area contributed by atoms with Crippen LogP contribution in [-0.2, 0) is 15.6 Å². The molecule has 4 rings (SSSR count). The molecule has 172 valence electrons. The van der Waals surface area contributed by atoms with E-state index in [0.717, 1.165) is 37.6 Å². The van der Waals surface area contributed by atoms with E-state index in [0.29, 0.717) is 36.5 Å². The number of nitrogens with two attached hydrogens (primary N) is 1. The SMILES string of the molecule is CN1C[C@@H](N=C(N)C2=C(N=CN3CCN(c4cccc(F)c4)CC3)CCS2=O)CCC1=O. The Morgan fingerprint density at radius 3 is 2.75 bits per heavy atom. The minimum absolute atomic E-state index is 0.0797. The van der Waals surface area contributed by atoms with Crippen molar-refractivity contribution in [3.63, 3.8) is 0 Å². The zero-order valence-corrected chi connectivity index (χ0v) is 19.1. The van der Waals surface area contributed by atoms with Crippen LogP contribution in [0.25, 0.3) is 0 Å². The first-order valence-corrected chi connectivity index (χ1v) is 12.2. The summed E-state index contributed by atoms with van der Waals surface area (Å²) in [5, 5.41) is 0. The first-order chi connectivity index (χ1) is 15.4. The standard InChI is InChI=1S/C22H29FN6O2S/c1-27-14-17(5-6-20(27)30)26-22(24)21-19(7-12-32(21)31)25-15-28-8-10-29(11-9-28)18-4-2-3-16(23)13-18/h2-4,13,15,17H,5-12,14H2,1H3,(H2,24,26)/t17-,32?/m0/s1. The molecular formula is C22H29FN6O2S. The summed E-state index contributed by atoms with van der Waals surface area (Å²) in [6, 6.07) is 6.56. The van der Waals surface area contributed by atoms with Crippen LogP contribution in [0.1, 0.15) is 19.3 Å². The number of carbonyl (C=O) groups excluding carboxylic acids is 1. The molecule has 0 spiro atoms. The van der Waals surface area contributed by atoms with E-state index in [1.807, 2.05) is 6.07 Å². The molecule has 10 heteroatoms. The van der Waals surface area contributed by atoms with Crippen LogP contribution in [0.3, 0.4) is 0 Å². The lowest BCUT2D eigenvalue weighted by molar-refractivity contribution is -0.132. The lowest BCUT2D eigenvalue weighted by Gasteiger charge is -2.35. The number of piperidine rings is 1. The first kappa shape index (κ1) is 22.4. The van der Waals surface area contributed by atoms with Crippen molar-refractivity contribution in [2.45, 2.75) is 25.3 Å². The van der Waals surface area contributed by atoms with Crippen molar-refractivity contribution in [2.24, 2.45) is 15.7 Å². The lowest BCUT2D eigenvalue weighted by atomic mass is 10.1. The Labute approximate surface area is 190 Å². The predicted octanol–water partition coefficient (Wildman–Crippen LogP) is 1.32. The van der Waals surface area contributed by atoms with Gasteiger partial charge in [0.05, 0.1) is 28.9 Å². The summed E-state index contributed by atoms with van der Waals surface area (Å²) in [6.45, 7) is 3.58. The molecular weight excluding hydrogens is 431 g/mol. The Kier molecular flexibility index (Phi) is 6.88. The number of aliphatic imine (C=N–C) groups is 2. The lowest BCUT2D eigenvalue weighted by Crippen LogP contribution is -2.45. The molecule has 0 aromatic heterocycles. The topological polar surface area (TPSA) is 94.6 Å². The summed E-state index contributed by atoms with van der Waals surface area (Å²) < 4.78 is 26.1. The van der Waals surface area contributed by atoms with Crippen molar-refractivity contribution in [2.75, 3.05) is 50.4 Å². The molecule has 1 amide bonds. The molecule has 3 aliphatic rings. The third-order valence-corrected chi connectivity index (χ3v) is 7.51. The van der Waals surface area contributed by atoms with Crippen LogP contribution in [0, 0.1) is 5.82 Å². The molecule has 0 aliphatic carbocycles. The fraction of sp³-hybridized carbons (Fsp3) is 0.500. The van der Waals surface area contributed by atoms with Crippen molar-refractivity contribution < 1.29 is 13.4 Å². The molecule has 0 radical (unpaired) electrons. The molecule has 1 aromatic carbocycles. The van der Waals surface area contributed by atoms with Gasteiger partial charge in [0.15, 0.2) is 0 Å². The molecule has 0 bridgehead atoms. The summed E-state index contributed by atoms with van der Waals surface area (Å²) in [5.41, 5.74) is 7.85. The van der Waals surface area contributed by atoms with Gasteiger partial charge in [-0.05, 0) is 24.6 Å². The van der Waals surface area contributed by atoms with Gasteiger partial charge < -0.3 is 20.4 Å². The maximum Gasteiger partial charge on any atom is 0.222 e. The summed E-state index contributed by atoms with van der Waals surface area (Å²) >= 11 is 0. The number of likely N-dealkylation sites (tertiary alicyclic amines) is 1. The molecule has 2 fully saturated rings. The highest BCUT2D eigenvalue weighted by Gasteiger charge is 2.28. The van der Waals surface area contributed by atoms with Crippen molar-refractivity contribution >= 4 is 34.6 Å². The highest BCUT2D eigenvalue weighted by Crippen LogP contribution is 2.25. The first-order valence-electron chi connectivity index (χ1n) is 10.9. The second-order valence-electron chi connectivity index (χ2n) is 8.30. The van der Waals surface area contributed by atoms with Crippen molar-refractivity contribution in [3.8, 4) is 0 Å². The largest absolute Gasteiger partial charge is 0.383 e. The van der Waals surface area contributed by atoms with Gasteiger partial charge in [-0.25, -0.2) is 9.38 Å². The highest BCUT2D eigenvalue weighted by molar-refractivity contribution is 7.90. The van der Waals surface area contributed by atoms with Crippen LogP contribution in [-0.4, -0.2) is 83.7 Å². The van der Waals surface area contributed by atoms with E-state index < -0.39 is 10.8 Å². The zero-order valence-electron chi connectivity index (χ0n) is 18.2. The quantitative estimate of drug-likeness (QED) is 0.528. The summed E-state index contributed by atoms with van der Waals surface area (Å²) in [5.74, 6) is 0.651. The Hall–Kier alpha value is -2.75. The number of rotatable bonds is 5. The second-order valence-corrected chi connectivity index (χ2v) is 9.81. The molecule has 3 heterocycles. The van der Waals surface area contributed by atoms with Gasteiger partial charge in [0.25, 0.3) is 0 Å². The van der Waals surface area contributed by atoms with Crippen molar-refractivity contribution in [3.05, 3.63) is 40.7 Å². The van der Waals surface area contributed by atoms with Crippen LogP contribution < -0.4 is 10.6 Å². The molecule has 3 aliphatic heterocycles. The number of nitrogens with zero attached hydrogens (tertiary/aromatic N) is 5. The van der Waals surface area contributed by atoms with Gasteiger partial charge in [0.1, 0.15) is 16.6 Å². The minimum atomic E-state index is -1.21. The Morgan fingerprint density at radius 1 is 1.25 bits per heavy atom. The number of hydrogen-bond donors (Lipinski definition) is 1. The van der Waals surface area contributed by atoms with Crippen LogP contribution in [0.2, 0.25) is 0 Å². The number of amidine groups is 1. The fourth-order valence-corrected chi connectivity index (χ4v) is 5.48. The van der Waals surface area contributed by atoms with Gasteiger partial charge in [0, 0.05) is 64.1 Å². The second kappa shape index (κ2) is 9.81. The molecule has 2 saturated heterocycles. The Bertz CT molecular complexity index is 986. The van der Waals surface area contributed by atoms with Crippen LogP contribution in [0.15, 0.2) is 44.9 Å². The molecule has 1 unspecified atom stereocenters. The normalized spacial score (nSPS) is 25.4. The van der Waals surface area contributed by atoms with E-state index in [1.165, 1.54) is 6.07 Å². The smallest absolute Gasteiger partial charge is 0.222 e. The molecule has 32 heavy (non-hydrogen) atoms. The summed E-state index contributed by atoms with van der Waals surface area (Å²) in [6.07, 6.45) is 3.49. The third kappa shape index (κ3) is 5.17. The minimum Gasteiger partial charge on any atom is -0.383 e. The average molecular weight is 461 g/mol. The number of benzene rings is 1. The molecule has 1 aromatic rings. The number of piperazine rings is 1. The van der Waals surface area contributed by atoms with Crippen molar-refractivity contribution in [1.82, 2.24) is 9.80 Å². The van der Waals surface area contributed by atoms with E-state index >= 15 is 0 Å². The van der Waals surface area contributed by atoms with Gasteiger partial charge in [-0.1, -0.05) is 6.07 Å². The molecule has 8 nitrogen and oxygen atoms in total. The number of halogens is 1. The monoisotopic (exact) mass is 460 g/mol. The maximum atomic E-state index is 13.5. The van der Waals surface area contributed by atoms with E-state index in [1.54, 1.807) is 30.4 Å². The van der Waals surface area contributed by atoms with Gasteiger partial charge in [-0.3, -0.25) is 14.0 Å². The molecule has 2 N–H and O–H groups in total. The third-order valence-electron chi connectivity index (χ3n) is 6.03. The van der Waals surface area contributed by atoms with Gasteiger partial charge >= 0.3 is 0 Å². The number of amides is 1. The van der Waals surface area contributed by atoms with E-state index in [-0.39, 0.29) is 23.6 Å². The van der Waals surface area contributed by atoms with Crippen LogP contribution in [0.5, 0.6) is 0 Å². The fourth-order valence-electron chi connectivity index (χ4n) is 4.19. The molecule has 2 atom stereocenters. The molecule has 0 saturated carbocycles. The number of hydrogen-bond acceptors (Lipinski definition) is 5. The number of likely N-dealkylation sites (N-methyl/N-ethyl adjacent to an activating group) is 1.